The van der Waals surface area contributed by atoms with Gasteiger partial charge in [0.15, 0.2) is 0 Å². The van der Waals surface area contributed by atoms with Gasteiger partial charge in [0.25, 0.3) is 5.91 Å². The molecule has 0 spiro atoms. The zero-order valence-electron chi connectivity index (χ0n) is 12.7. The second-order valence-electron chi connectivity index (χ2n) is 6.02. The highest BCUT2D eigenvalue weighted by atomic mass is 32.1. The first-order chi connectivity index (χ1) is 10.1. The van der Waals surface area contributed by atoms with E-state index in [-0.39, 0.29) is 23.8 Å². The number of carbonyl (C=O) groups is 2. The van der Waals surface area contributed by atoms with E-state index in [4.69, 9.17) is 0 Å². The first-order valence-electron chi connectivity index (χ1n) is 7.72. The van der Waals surface area contributed by atoms with Crippen LogP contribution in [0, 0.1) is 5.92 Å². The Balaban J connectivity index is 1.94. The van der Waals surface area contributed by atoms with Crippen LogP contribution in [0.15, 0.2) is 17.5 Å². The van der Waals surface area contributed by atoms with Gasteiger partial charge >= 0.3 is 0 Å². The van der Waals surface area contributed by atoms with E-state index >= 15 is 0 Å². The van der Waals surface area contributed by atoms with E-state index in [9.17, 15) is 9.59 Å². The van der Waals surface area contributed by atoms with E-state index in [0.717, 1.165) is 12.8 Å². The van der Waals surface area contributed by atoms with Crippen molar-refractivity contribution in [3.63, 3.8) is 0 Å². The Morgan fingerprint density at radius 1 is 1.24 bits per heavy atom. The fourth-order valence-electron chi connectivity index (χ4n) is 2.69. The molecule has 5 heteroatoms. The van der Waals surface area contributed by atoms with E-state index in [1.54, 1.807) is 6.07 Å². The lowest BCUT2D eigenvalue weighted by molar-refractivity contribution is -0.124. The third-order valence-corrected chi connectivity index (χ3v) is 4.80. The second kappa shape index (κ2) is 7.59. The molecule has 1 fully saturated rings. The van der Waals surface area contributed by atoms with Gasteiger partial charge in [0.1, 0.15) is 6.04 Å². The molecule has 2 rings (SSSR count). The molecule has 0 unspecified atom stereocenters. The van der Waals surface area contributed by atoms with Crippen molar-refractivity contribution in [1.29, 1.82) is 0 Å². The summed E-state index contributed by atoms with van der Waals surface area (Å²) < 4.78 is 0. The molecule has 0 aliphatic heterocycles. The number of hydrogen-bond donors (Lipinski definition) is 2. The maximum atomic E-state index is 12.4. The number of nitrogens with one attached hydrogen (secondary N) is 2. The van der Waals surface area contributed by atoms with Crippen LogP contribution in [-0.2, 0) is 4.79 Å². The van der Waals surface area contributed by atoms with Crippen LogP contribution in [0.25, 0.3) is 0 Å². The van der Waals surface area contributed by atoms with Crippen molar-refractivity contribution in [2.75, 3.05) is 0 Å². The smallest absolute Gasteiger partial charge is 0.262 e. The van der Waals surface area contributed by atoms with E-state index in [1.165, 1.54) is 30.6 Å². The summed E-state index contributed by atoms with van der Waals surface area (Å²) >= 11 is 1.39. The van der Waals surface area contributed by atoms with Gasteiger partial charge in [-0.3, -0.25) is 9.59 Å². The lowest BCUT2D eigenvalue weighted by atomic mass is 9.94. The Morgan fingerprint density at radius 3 is 2.52 bits per heavy atom. The van der Waals surface area contributed by atoms with Crippen molar-refractivity contribution in [1.82, 2.24) is 10.6 Å². The van der Waals surface area contributed by atoms with Crippen LogP contribution < -0.4 is 10.6 Å². The molecule has 116 valence electrons. The number of amides is 2. The highest BCUT2D eigenvalue weighted by molar-refractivity contribution is 7.12. The van der Waals surface area contributed by atoms with Gasteiger partial charge in [0.05, 0.1) is 4.88 Å². The maximum absolute atomic E-state index is 12.4. The zero-order valence-corrected chi connectivity index (χ0v) is 13.5. The Bertz CT molecular complexity index is 465. The van der Waals surface area contributed by atoms with Gasteiger partial charge in [0, 0.05) is 6.04 Å². The normalized spacial score (nSPS) is 17.5. The fourth-order valence-corrected chi connectivity index (χ4v) is 3.32. The molecule has 1 aliphatic rings. The molecule has 1 aromatic heterocycles. The van der Waals surface area contributed by atoms with Gasteiger partial charge in [0.2, 0.25) is 5.91 Å². The monoisotopic (exact) mass is 308 g/mol. The average Bonchev–Trinajstić information content (AvgIpc) is 2.99. The van der Waals surface area contributed by atoms with Crippen LogP contribution in [0.2, 0.25) is 0 Å². The third kappa shape index (κ3) is 4.56. The Kier molecular flexibility index (Phi) is 5.79. The first kappa shape index (κ1) is 16.0. The topological polar surface area (TPSA) is 58.2 Å². The predicted molar refractivity (Wildman–Crippen MR) is 85.4 cm³/mol. The Morgan fingerprint density at radius 2 is 1.95 bits per heavy atom. The lowest BCUT2D eigenvalue weighted by Gasteiger charge is -2.27. The average molecular weight is 308 g/mol. The predicted octanol–water partition coefficient (Wildman–Crippen LogP) is 2.95. The molecule has 1 aromatic rings. The summed E-state index contributed by atoms with van der Waals surface area (Å²) in [6.07, 6.45) is 5.72. The quantitative estimate of drug-likeness (QED) is 0.878. The van der Waals surface area contributed by atoms with Gasteiger partial charge in [-0.15, -0.1) is 11.3 Å². The van der Waals surface area contributed by atoms with Crippen LogP contribution in [0.5, 0.6) is 0 Å². The molecule has 0 bridgehead atoms. The maximum Gasteiger partial charge on any atom is 0.262 e. The standard InChI is InChI=1S/C16H24N2O2S/c1-11(2)14(18-15(19)13-9-6-10-21-13)16(20)17-12-7-4-3-5-8-12/h6,9-12,14H,3-5,7-8H2,1-2H3,(H,17,20)(H,18,19)/t14-/m1/s1. The van der Waals surface area contributed by atoms with Gasteiger partial charge in [-0.05, 0) is 30.2 Å². The zero-order chi connectivity index (χ0) is 15.2. The number of hydrogen-bond acceptors (Lipinski definition) is 3. The first-order valence-corrected chi connectivity index (χ1v) is 8.60. The summed E-state index contributed by atoms with van der Waals surface area (Å²) in [7, 11) is 0. The molecule has 0 saturated heterocycles. The van der Waals surface area contributed by atoms with E-state index in [2.05, 4.69) is 10.6 Å². The summed E-state index contributed by atoms with van der Waals surface area (Å²) in [5, 5.41) is 7.83. The van der Waals surface area contributed by atoms with E-state index in [1.807, 2.05) is 25.3 Å². The van der Waals surface area contributed by atoms with Gasteiger partial charge < -0.3 is 10.6 Å². The summed E-state index contributed by atoms with van der Waals surface area (Å²) in [6, 6.07) is 3.41. The number of thiophene rings is 1. The molecule has 2 N–H and O–H groups in total. The van der Waals surface area contributed by atoms with E-state index in [0.29, 0.717) is 4.88 Å². The lowest BCUT2D eigenvalue weighted by Crippen LogP contribution is -2.52. The molecule has 0 radical (unpaired) electrons. The summed E-state index contributed by atoms with van der Waals surface area (Å²) in [6.45, 7) is 3.92. The summed E-state index contributed by atoms with van der Waals surface area (Å²) in [5.41, 5.74) is 0. The highest BCUT2D eigenvalue weighted by Crippen LogP contribution is 2.18. The Labute approximate surface area is 130 Å². The second-order valence-corrected chi connectivity index (χ2v) is 6.96. The molecular formula is C16H24N2O2S. The molecule has 1 saturated carbocycles. The molecule has 1 heterocycles. The molecular weight excluding hydrogens is 284 g/mol. The van der Waals surface area contributed by atoms with Crippen molar-refractivity contribution in [3.05, 3.63) is 22.4 Å². The van der Waals surface area contributed by atoms with Crippen molar-refractivity contribution in [2.45, 2.75) is 58.0 Å². The van der Waals surface area contributed by atoms with Crippen LogP contribution in [-0.4, -0.2) is 23.9 Å². The van der Waals surface area contributed by atoms with Crippen molar-refractivity contribution in [2.24, 2.45) is 5.92 Å². The summed E-state index contributed by atoms with van der Waals surface area (Å²) in [4.78, 5) is 25.2. The molecule has 1 aliphatic carbocycles. The third-order valence-electron chi connectivity index (χ3n) is 3.93. The fraction of sp³-hybridized carbons (Fsp3) is 0.625. The van der Waals surface area contributed by atoms with Gasteiger partial charge in [-0.25, -0.2) is 0 Å². The minimum Gasteiger partial charge on any atom is -0.352 e. The number of rotatable bonds is 5. The van der Waals surface area contributed by atoms with Gasteiger partial charge in [-0.1, -0.05) is 39.2 Å². The van der Waals surface area contributed by atoms with Crippen LogP contribution in [0.3, 0.4) is 0 Å². The highest BCUT2D eigenvalue weighted by Gasteiger charge is 2.27. The van der Waals surface area contributed by atoms with Gasteiger partial charge in [-0.2, -0.15) is 0 Å². The van der Waals surface area contributed by atoms with Crippen LogP contribution >= 0.6 is 11.3 Å². The van der Waals surface area contributed by atoms with E-state index < -0.39 is 6.04 Å². The summed E-state index contributed by atoms with van der Waals surface area (Å²) in [5.74, 6) is -0.151. The molecule has 21 heavy (non-hydrogen) atoms. The SMILES string of the molecule is CC(C)[C@@H](NC(=O)c1cccs1)C(=O)NC1CCCCC1. The van der Waals surface area contributed by atoms with Crippen molar-refractivity contribution in [3.8, 4) is 0 Å². The molecule has 1 atom stereocenters. The molecule has 4 nitrogen and oxygen atoms in total. The minimum atomic E-state index is -0.471. The Hall–Kier alpha value is -1.36. The van der Waals surface area contributed by atoms with Crippen LogP contribution in [0.1, 0.15) is 55.6 Å². The molecule has 2 amide bonds. The molecule has 0 aromatic carbocycles. The minimum absolute atomic E-state index is 0.0539. The van der Waals surface area contributed by atoms with Crippen LogP contribution in [0.4, 0.5) is 0 Å². The number of carbonyl (C=O) groups excluding carboxylic acids is 2. The van der Waals surface area contributed by atoms with Crippen molar-refractivity contribution < 1.29 is 9.59 Å². The van der Waals surface area contributed by atoms with Crippen molar-refractivity contribution >= 4 is 23.2 Å². The largest absolute Gasteiger partial charge is 0.352 e.